The third-order valence-electron chi connectivity index (χ3n) is 11.9. The van der Waals surface area contributed by atoms with Crippen molar-refractivity contribution in [3.63, 3.8) is 0 Å². The molecule has 1 rings (SSSR count). The van der Waals surface area contributed by atoms with E-state index < -0.39 is 220 Å². The first-order valence-electron chi connectivity index (χ1n) is 24.8. The predicted octanol–water partition coefficient (Wildman–Crippen LogP) is -9.28. The highest BCUT2D eigenvalue weighted by molar-refractivity contribution is 7.98. The molecule has 0 aromatic rings. The van der Waals surface area contributed by atoms with Crippen LogP contribution in [0.1, 0.15) is 72.1 Å². The van der Waals surface area contributed by atoms with Crippen LogP contribution in [0.25, 0.3) is 0 Å². The maximum atomic E-state index is 13.6. The molecule has 20 N–H and O–H groups in total. The van der Waals surface area contributed by atoms with E-state index in [1.165, 1.54) is 23.6 Å². The molecule has 0 unspecified atom stereocenters. The molecule has 0 saturated carbocycles. The highest BCUT2D eigenvalue weighted by Gasteiger charge is 2.40. The molecule has 452 valence electrons. The van der Waals surface area contributed by atoms with Crippen LogP contribution in [0.5, 0.6) is 0 Å². The quantitative estimate of drug-likeness (QED) is 0.0275. The predicted molar refractivity (Wildman–Crippen MR) is 272 cm³/mol. The molecule has 80 heavy (non-hydrogen) atoms. The summed E-state index contributed by atoms with van der Waals surface area (Å²) in [6.45, 7) is -0.180. The van der Waals surface area contributed by atoms with Crippen molar-refractivity contribution < 1.29 is 113 Å². The molecule has 0 aliphatic carbocycles. The largest absolute Gasteiger partial charge is 0.481 e. The summed E-state index contributed by atoms with van der Waals surface area (Å²) >= 11 is 1.17. The SMILES string of the molecule is CSCC[C@H](NC(=O)[C@H](CO)NC(=O)[C@H](CO)NC(=O)[C@@H](NC(=O)[C@@H]1CCCN1C(=O)[C@@H](N)[C@@H](C)O)C(C)C)C(=O)N[C@@H](CO)C(=O)N[C@@H](CO)C(=O)N[C@@H](CC(=O)O)C(=O)N[C@@H](CCC(=O)O)C(=O)N[C@@H](CCC(=O)O)C(=O)O. The van der Waals surface area contributed by atoms with Gasteiger partial charge in [-0.15, -0.1) is 0 Å². The Bertz CT molecular complexity index is 2230. The maximum Gasteiger partial charge on any atom is 0.326 e. The second-order valence-electron chi connectivity index (χ2n) is 18.5. The number of amides is 10. The average Bonchev–Trinajstić information content (AvgIpc) is 3.90. The second-order valence-corrected chi connectivity index (χ2v) is 19.5. The zero-order chi connectivity index (χ0) is 61.1. The van der Waals surface area contributed by atoms with Gasteiger partial charge in [0.1, 0.15) is 66.5 Å². The van der Waals surface area contributed by atoms with Crippen LogP contribution < -0.4 is 53.6 Å². The average molecular weight is 1170 g/mol. The van der Waals surface area contributed by atoms with E-state index in [0.717, 1.165) is 0 Å². The highest BCUT2D eigenvalue weighted by atomic mass is 32.2. The van der Waals surface area contributed by atoms with Crippen molar-refractivity contribution in [1.29, 1.82) is 0 Å². The van der Waals surface area contributed by atoms with Crippen molar-refractivity contribution in [3.8, 4) is 0 Å². The smallest absolute Gasteiger partial charge is 0.326 e. The Hall–Kier alpha value is -7.31. The lowest BCUT2D eigenvalue weighted by molar-refractivity contribution is -0.145. The lowest BCUT2D eigenvalue weighted by Crippen LogP contribution is -2.62. The Labute approximate surface area is 460 Å². The van der Waals surface area contributed by atoms with E-state index in [-0.39, 0.29) is 25.1 Å². The number of hydrogen-bond donors (Lipinski definition) is 19. The number of carboxylic acids is 4. The number of nitrogens with zero attached hydrogens (tertiary/aromatic N) is 1. The van der Waals surface area contributed by atoms with Gasteiger partial charge in [-0.1, -0.05) is 13.8 Å². The molecule has 1 fully saturated rings. The summed E-state index contributed by atoms with van der Waals surface area (Å²) in [6, 6.07) is -19.0. The molecule has 0 radical (unpaired) electrons. The van der Waals surface area contributed by atoms with E-state index in [1.54, 1.807) is 20.1 Å². The van der Waals surface area contributed by atoms with Crippen LogP contribution in [0, 0.1) is 5.92 Å². The van der Waals surface area contributed by atoms with Crippen LogP contribution >= 0.6 is 11.8 Å². The van der Waals surface area contributed by atoms with E-state index in [4.69, 9.17) is 10.8 Å². The maximum absolute atomic E-state index is 13.6. The summed E-state index contributed by atoms with van der Waals surface area (Å²) in [7, 11) is 0. The van der Waals surface area contributed by atoms with Gasteiger partial charge < -0.3 is 104 Å². The molecule has 0 spiro atoms. The van der Waals surface area contributed by atoms with Gasteiger partial charge in [0.15, 0.2) is 0 Å². The number of carbonyl (C=O) groups excluding carboxylic acids is 10. The number of aliphatic carboxylic acids is 4. The molecule has 1 heterocycles. The molecular weight excluding hydrogens is 1090 g/mol. The van der Waals surface area contributed by atoms with Gasteiger partial charge in [0.25, 0.3) is 0 Å². The van der Waals surface area contributed by atoms with Crippen molar-refractivity contribution in [1.82, 2.24) is 52.8 Å². The molecule has 0 aromatic heterocycles. The topological polar surface area (TPSA) is 559 Å². The lowest BCUT2D eigenvalue weighted by Gasteiger charge is -2.30. The van der Waals surface area contributed by atoms with Crippen LogP contribution in [-0.2, 0) is 67.1 Å². The van der Waals surface area contributed by atoms with Gasteiger partial charge in [-0.2, -0.15) is 11.8 Å². The monoisotopic (exact) mass is 1170 g/mol. The molecule has 35 heteroatoms. The van der Waals surface area contributed by atoms with Crippen LogP contribution in [-0.4, -0.2) is 251 Å². The molecule has 0 aromatic carbocycles. The first kappa shape index (κ1) is 70.7. The summed E-state index contributed by atoms with van der Waals surface area (Å²) in [6.07, 6.45) is -3.40. The van der Waals surface area contributed by atoms with Crippen LogP contribution in [0.3, 0.4) is 0 Å². The van der Waals surface area contributed by atoms with E-state index in [1.807, 2.05) is 21.3 Å². The summed E-state index contributed by atoms with van der Waals surface area (Å²) in [4.78, 5) is 180. The molecule has 1 aliphatic rings. The number of hydrogen-bond acceptors (Lipinski definition) is 21. The second kappa shape index (κ2) is 35.3. The van der Waals surface area contributed by atoms with E-state index in [0.29, 0.717) is 6.42 Å². The first-order valence-corrected chi connectivity index (χ1v) is 26.2. The Kier molecular flexibility index (Phi) is 31.2. The van der Waals surface area contributed by atoms with Crippen molar-refractivity contribution in [2.24, 2.45) is 11.7 Å². The highest BCUT2D eigenvalue weighted by Crippen LogP contribution is 2.20. The molecule has 12 atom stereocenters. The van der Waals surface area contributed by atoms with Crippen molar-refractivity contribution in [2.45, 2.75) is 145 Å². The Balaban J connectivity index is 3.18. The van der Waals surface area contributed by atoms with Crippen molar-refractivity contribution in [2.75, 3.05) is 45.0 Å². The lowest BCUT2D eigenvalue weighted by atomic mass is 10.0. The molecule has 10 amide bonds. The van der Waals surface area contributed by atoms with Crippen molar-refractivity contribution >= 4 is 94.7 Å². The fraction of sp³-hybridized carbons (Fsp3) is 0.689. The third-order valence-corrected chi connectivity index (χ3v) is 12.6. The molecule has 0 bridgehead atoms. The zero-order valence-electron chi connectivity index (χ0n) is 44.1. The number of aliphatic hydroxyl groups is 5. The zero-order valence-corrected chi connectivity index (χ0v) is 44.9. The minimum atomic E-state index is -2.16. The van der Waals surface area contributed by atoms with E-state index >= 15 is 0 Å². The first-order chi connectivity index (χ1) is 37.5. The van der Waals surface area contributed by atoms with Gasteiger partial charge in [-0.05, 0) is 57.0 Å². The molecular formula is C45H73N11O23S. The van der Waals surface area contributed by atoms with Crippen LogP contribution in [0.15, 0.2) is 0 Å². The van der Waals surface area contributed by atoms with Gasteiger partial charge >= 0.3 is 23.9 Å². The fourth-order valence-electron chi connectivity index (χ4n) is 7.38. The van der Waals surface area contributed by atoms with E-state index in [9.17, 15) is 108 Å². The molecule has 1 saturated heterocycles. The Morgan fingerprint density at radius 1 is 0.512 bits per heavy atom. The van der Waals surface area contributed by atoms with E-state index in [2.05, 4.69) is 26.6 Å². The molecule has 1 aliphatic heterocycles. The number of likely N-dealkylation sites (tertiary alicyclic amines) is 1. The summed E-state index contributed by atoms with van der Waals surface area (Å²) < 4.78 is 0. The number of aliphatic hydroxyl groups excluding tert-OH is 5. The third kappa shape index (κ3) is 23.6. The van der Waals surface area contributed by atoms with Crippen LogP contribution in [0.4, 0.5) is 0 Å². The normalized spacial score (nSPS) is 17.1. The van der Waals surface area contributed by atoms with Gasteiger partial charge in [-0.25, -0.2) is 4.79 Å². The number of nitrogens with one attached hydrogen (secondary N) is 9. The van der Waals surface area contributed by atoms with Gasteiger partial charge in [0, 0.05) is 19.4 Å². The standard InChI is InChI=1S/C45H73N11O23S/c1-19(2)34(55-42(75)29-6-5-12-56(29)44(77)33(46)20(3)61)43(76)54-28(18-60)41(74)52-25(15-57)38(71)48-22(11-13-80-4)36(69)51-27(17-59)40(73)53-26(16-58)39(72)50-24(14-32(66)67)37(70)47-21(7-9-30(62)63)35(68)49-23(45(78)79)8-10-31(64)65/h19-29,33-34,57-61H,5-18,46H2,1-4H3,(H,47,70)(H,48,71)(H,49,68)(H,50,72)(H,51,69)(H,52,74)(H,53,73)(H,54,76)(H,55,75)(H,62,63)(H,64,65)(H,66,67)(H,78,79)/t20-,21+,22+,23+,24+,25+,26+,27+,28+,29+,33+,34+/m1/s1. The number of carbonyl (C=O) groups is 14. The molecule has 34 nitrogen and oxygen atoms in total. The minimum Gasteiger partial charge on any atom is -0.481 e. The number of carboxylic acid groups (broad SMARTS) is 4. The summed E-state index contributed by atoms with van der Waals surface area (Å²) in [5.74, 6) is -18.6. The number of rotatable bonds is 37. The Morgan fingerprint density at radius 3 is 1.25 bits per heavy atom. The van der Waals surface area contributed by atoms with Crippen LogP contribution in [0.2, 0.25) is 0 Å². The summed E-state index contributed by atoms with van der Waals surface area (Å²) in [5, 5.41) is 106. The van der Waals surface area contributed by atoms with Gasteiger partial charge in [0.2, 0.25) is 59.1 Å². The number of nitrogens with two attached hydrogens (primary N) is 1. The minimum absolute atomic E-state index is 0.139. The Morgan fingerprint density at radius 2 is 0.875 bits per heavy atom. The van der Waals surface area contributed by atoms with Gasteiger partial charge in [-0.3, -0.25) is 62.3 Å². The van der Waals surface area contributed by atoms with Crippen molar-refractivity contribution in [3.05, 3.63) is 0 Å². The number of thioether (sulfide) groups is 1. The summed E-state index contributed by atoms with van der Waals surface area (Å²) in [5.41, 5.74) is 5.80. The van der Waals surface area contributed by atoms with Gasteiger partial charge in [0.05, 0.1) is 39.0 Å². The fourth-order valence-corrected chi connectivity index (χ4v) is 7.85.